The third-order valence-electron chi connectivity index (χ3n) is 3.26. The van der Waals surface area contributed by atoms with Gasteiger partial charge in [0, 0.05) is 12.1 Å². The largest absolute Gasteiger partial charge is 0.481 e. The van der Waals surface area contributed by atoms with Gasteiger partial charge in [-0.2, -0.15) is 13.2 Å². The standard InChI is InChI=1S/C13H13F3N2O5/c1-6(12(20)21)7(2)17-11(19)9-4-3-8(13(14,15)16)5-10(9)18(22)23/h3-7H,1-2H3,(H,17,19)(H,20,21). The number of carbonyl (C=O) groups is 2. The molecular weight excluding hydrogens is 321 g/mol. The Balaban J connectivity index is 3.14. The van der Waals surface area contributed by atoms with Gasteiger partial charge in [0.15, 0.2) is 0 Å². The highest BCUT2D eigenvalue weighted by Crippen LogP contribution is 2.33. The quantitative estimate of drug-likeness (QED) is 0.635. The molecule has 10 heteroatoms. The number of hydrogen-bond acceptors (Lipinski definition) is 4. The normalized spacial score (nSPS) is 14.0. The van der Waals surface area contributed by atoms with Crippen LogP contribution in [0.4, 0.5) is 18.9 Å². The molecule has 2 atom stereocenters. The molecule has 0 aliphatic heterocycles. The van der Waals surface area contributed by atoms with Crippen molar-refractivity contribution in [2.24, 2.45) is 5.92 Å². The molecule has 1 rings (SSSR count). The van der Waals surface area contributed by atoms with E-state index in [1.54, 1.807) is 0 Å². The van der Waals surface area contributed by atoms with Crippen molar-refractivity contribution in [1.82, 2.24) is 5.32 Å². The van der Waals surface area contributed by atoms with Crippen LogP contribution in [0.15, 0.2) is 18.2 Å². The second kappa shape index (κ2) is 6.63. The summed E-state index contributed by atoms with van der Waals surface area (Å²) in [6.45, 7) is 2.68. The molecule has 0 saturated heterocycles. The van der Waals surface area contributed by atoms with E-state index in [-0.39, 0.29) is 6.07 Å². The van der Waals surface area contributed by atoms with E-state index in [1.807, 2.05) is 0 Å². The van der Waals surface area contributed by atoms with Crippen LogP contribution in [0.5, 0.6) is 0 Å². The number of carboxylic acid groups (broad SMARTS) is 1. The van der Waals surface area contributed by atoms with Gasteiger partial charge in [0.2, 0.25) is 0 Å². The van der Waals surface area contributed by atoms with Crippen molar-refractivity contribution in [3.05, 3.63) is 39.4 Å². The SMILES string of the molecule is CC(NC(=O)c1ccc(C(F)(F)F)cc1[N+](=O)[O-])C(C)C(=O)O. The van der Waals surface area contributed by atoms with Gasteiger partial charge in [0.05, 0.1) is 16.4 Å². The van der Waals surface area contributed by atoms with E-state index in [4.69, 9.17) is 5.11 Å². The molecule has 1 amide bonds. The van der Waals surface area contributed by atoms with Gasteiger partial charge in [-0.25, -0.2) is 0 Å². The fraction of sp³-hybridized carbons (Fsp3) is 0.385. The zero-order valence-corrected chi connectivity index (χ0v) is 12.0. The fourth-order valence-corrected chi connectivity index (χ4v) is 1.67. The molecule has 126 valence electrons. The number of nitrogens with one attached hydrogen (secondary N) is 1. The molecular formula is C13H13F3N2O5. The van der Waals surface area contributed by atoms with E-state index in [0.29, 0.717) is 12.1 Å². The maximum Gasteiger partial charge on any atom is 0.416 e. The number of carbonyl (C=O) groups excluding carboxylic acids is 1. The van der Waals surface area contributed by atoms with Crippen LogP contribution in [0.3, 0.4) is 0 Å². The summed E-state index contributed by atoms with van der Waals surface area (Å²) in [5.74, 6) is -3.20. The predicted octanol–water partition coefficient (Wildman–Crippen LogP) is 2.45. The number of halogens is 3. The highest BCUT2D eigenvalue weighted by Gasteiger charge is 2.34. The second-order valence-electron chi connectivity index (χ2n) is 4.88. The van der Waals surface area contributed by atoms with Crippen LogP contribution in [0.1, 0.15) is 29.8 Å². The van der Waals surface area contributed by atoms with Gasteiger partial charge in [-0.05, 0) is 26.0 Å². The molecule has 0 saturated carbocycles. The van der Waals surface area contributed by atoms with Crippen LogP contribution in [-0.2, 0) is 11.0 Å². The third kappa shape index (κ3) is 4.41. The molecule has 0 aliphatic rings. The van der Waals surface area contributed by atoms with E-state index in [2.05, 4.69) is 5.32 Å². The van der Waals surface area contributed by atoms with Crippen LogP contribution >= 0.6 is 0 Å². The first-order chi connectivity index (χ1) is 10.4. The van der Waals surface area contributed by atoms with E-state index in [0.717, 1.165) is 0 Å². The van der Waals surface area contributed by atoms with Crippen LogP contribution in [0, 0.1) is 16.0 Å². The molecule has 23 heavy (non-hydrogen) atoms. The summed E-state index contributed by atoms with van der Waals surface area (Å²) < 4.78 is 37.7. The van der Waals surface area contributed by atoms with Crippen molar-refractivity contribution in [1.29, 1.82) is 0 Å². The van der Waals surface area contributed by atoms with E-state index < -0.39 is 51.8 Å². The molecule has 2 N–H and O–H groups in total. The second-order valence-corrected chi connectivity index (χ2v) is 4.88. The Morgan fingerprint density at radius 1 is 1.30 bits per heavy atom. The van der Waals surface area contributed by atoms with Gasteiger partial charge in [-0.15, -0.1) is 0 Å². The Kier molecular flexibility index (Phi) is 5.30. The maximum absolute atomic E-state index is 12.6. The topological polar surface area (TPSA) is 110 Å². The van der Waals surface area contributed by atoms with Gasteiger partial charge in [-0.1, -0.05) is 0 Å². The minimum Gasteiger partial charge on any atom is -0.481 e. The lowest BCUT2D eigenvalue weighted by molar-refractivity contribution is -0.385. The van der Waals surface area contributed by atoms with Crippen molar-refractivity contribution in [2.75, 3.05) is 0 Å². The number of aliphatic carboxylic acids is 1. The Morgan fingerprint density at radius 3 is 2.30 bits per heavy atom. The molecule has 1 aromatic carbocycles. The number of nitro groups is 1. The van der Waals surface area contributed by atoms with E-state index in [9.17, 15) is 32.9 Å². The Hall–Kier alpha value is -2.65. The minimum atomic E-state index is -4.79. The zero-order valence-electron chi connectivity index (χ0n) is 12.0. The van der Waals surface area contributed by atoms with Crippen molar-refractivity contribution in [2.45, 2.75) is 26.1 Å². The van der Waals surface area contributed by atoms with E-state index >= 15 is 0 Å². The average molecular weight is 334 g/mol. The maximum atomic E-state index is 12.6. The molecule has 0 heterocycles. The molecule has 2 unspecified atom stereocenters. The Morgan fingerprint density at radius 2 is 1.87 bits per heavy atom. The monoisotopic (exact) mass is 334 g/mol. The van der Waals surface area contributed by atoms with Crippen molar-refractivity contribution < 1.29 is 32.8 Å². The highest BCUT2D eigenvalue weighted by atomic mass is 19.4. The highest BCUT2D eigenvalue weighted by molar-refractivity contribution is 5.98. The summed E-state index contributed by atoms with van der Waals surface area (Å²) >= 11 is 0. The molecule has 0 aliphatic carbocycles. The summed E-state index contributed by atoms with van der Waals surface area (Å²) in [5.41, 5.74) is -2.84. The summed E-state index contributed by atoms with van der Waals surface area (Å²) in [4.78, 5) is 32.6. The number of alkyl halides is 3. The summed E-state index contributed by atoms with van der Waals surface area (Å²) in [6, 6.07) is 0.629. The predicted molar refractivity (Wildman–Crippen MR) is 71.8 cm³/mol. The van der Waals surface area contributed by atoms with Crippen LogP contribution in [0.25, 0.3) is 0 Å². The minimum absolute atomic E-state index is 0.264. The van der Waals surface area contributed by atoms with E-state index in [1.165, 1.54) is 13.8 Å². The molecule has 0 fully saturated rings. The van der Waals surface area contributed by atoms with Gasteiger partial charge < -0.3 is 10.4 Å². The lowest BCUT2D eigenvalue weighted by Gasteiger charge is -2.18. The molecule has 0 spiro atoms. The number of nitrogens with zero attached hydrogens (tertiary/aromatic N) is 1. The lowest BCUT2D eigenvalue weighted by atomic mass is 10.0. The molecule has 0 bridgehead atoms. The number of hydrogen-bond donors (Lipinski definition) is 2. The summed E-state index contributed by atoms with van der Waals surface area (Å²) in [7, 11) is 0. The number of carboxylic acids is 1. The molecule has 0 radical (unpaired) electrons. The van der Waals surface area contributed by atoms with Gasteiger partial charge in [0.1, 0.15) is 5.56 Å². The van der Waals surface area contributed by atoms with Gasteiger partial charge in [0.25, 0.3) is 11.6 Å². The van der Waals surface area contributed by atoms with Crippen LogP contribution < -0.4 is 5.32 Å². The summed E-state index contributed by atoms with van der Waals surface area (Å²) in [6.07, 6.45) is -4.79. The Labute approximate surface area is 128 Å². The first-order valence-electron chi connectivity index (χ1n) is 6.34. The Bertz CT molecular complexity index is 645. The first-order valence-corrected chi connectivity index (χ1v) is 6.34. The number of nitro benzene ring substituents is 1. The zero-order chi connectivity index (χ0) is 17.9. The van der Waals surface area contributed by atoms with Crippen molar-refractivity contribution in [3.8, 4) is 0 Å². The number of amides is 1. The van der Waals surface area contributed by atoms with Crippen LogP contribution in [-0.4, -0.2) is 27.9 Å². The molecule has 1 aromatic rings. The third-order valence-corrected chi connectivity index (χ3v) is 3.26. The molecule has 7 nitrogen and oxygen atoms in total. The van der Waals surface area contributed by atoms with Gasteiger partial charge in [-0.3, -0.25) is 19.7 Å². The van der Waals surface area contributed by atoms with Crippen molar-refractivity contribution in [3.63, 3.8) is 0 Å². The smallest absolute Gasteiger partial charge is 0.416 e. The lowest BCUT2D eigenvalue weighted by Crippen LogP contribution is -2.40. The summed E-state index contributed by atoms with van der Waals surface area (Å²) in [5, 5.41) is 21.9. The number of benzene rings is 1. The average Bonchev–Trinajstić information content (AvgIpc) is 2.44. The van der Waals surface area contributed by atoms with Crippen LogP contribution in [0.2, 0.25) is 0 Å². The molecule has 0 aromatic heterocycles. The fourth-order valence-electron chi connectivity index (χ4n) is 1.67. The van der Waals surface area contributed by atoms with Gasteiger partial charge >= 0.3 is 12.1 Å². The van der Waals surface area contributed by atoms with Crippen molar-refractivity contribution >= 4 is 17.6 Å². The number of rotatable bonds is 5. The first kappa shape index (κ1) is 18.4.